The summed E-state index contributed by atoms with van der Waals surface area (Å²) in [5.74, 6) is -1.96. The second-order valence-corrected chi connectivity index (χ2v) is 4.69. The van der Waals surface area contributed by atoms with Crippen LogP contribution in [0.3, 0.4) is 0 Å². The fraction of sp³-hybridized carbons (Fsp3) is 0.727. The predicted molar refractivity (Wildman–Crippen MR) is 61.8 cm³/mol. The van der Waals surface area contributed by atoms with Gasteiger partial charge in [0.15, 0.2) is 12.4 Å². The van der Waals surface area contributed by atoms with Gasteiger partial charge in [0.05, 0.1) is 0 Å². The Morgan fingerprint density at radius 2 is 1.85 bits per heavy atom. The van der Waals surface area contributed by atoms with Crippen molar-refractivity contribution in [3.05, 3.63) is 0 Å². The third-order valence-electron chi connectivity index (χ3n) is 3.47. The highest BCUT2D eigenvalue weighted by Gasteiger charge is 2.53. The van der Waals surface area contributed by atoms with Crippen molar-refractivity contribution in [2.24, 2.45) is 5.73 Å². The summed E-state index contributed by atoms with van der Waals surface area (Å²) in [4.78, 5) is 35.4. The molecule has 0 bridgehead atoms. The van der Waals surface area contributed by atoms with Crippen LogP contribution in [-0.2, 0) is 23.9 Å². The van der Waals surface area contributed by atoms with E-state index in [2.05, 4.69) is 0 Å². The Labute approximate surface area is 114 Å². The van der Waals surface area contributed by atoms with Gasteiger partial charge in [-0.3, -0.25) is 19.3 Å². The van der Waals surface area contributed by atoms with Gasteiger partial charge in [-0.1, -0.05) is 0 Å². The average molecular weight is 288 g/mol. The molecule has 2 rings (SSSR count). The molecule has 0 saturated carbocycles. The summed E-state index contributed by atoms with van der Waals surface area (Å²) >= 11 is 0. The molecule has 0 aromatic rings. The zero-order valence-corrected chi connectivity index (χ0v) is 10.8. The van der Waals surface area contributed by atoms with Crippen LogP contribution in [0.25, 0.3) is 0 Å². The molecule has 9 nitrogen and oxygen atoms in total. The Bertz CT molecular complexity index is 422. The maximum atomic E-state index is 11.7. The molecule has 2 aliphatic heterocycles. The number of hydrogen-bond donors (Lipinski definition) is 3. The van der Waals surface area contributed by atoms with Gasteiger partial charge in [0.25, 0.3) is 0 Å². The molecule has 2 saturated heterocycles. The SMILES string of the molecule is COC1OC(C(N)=O)C(O)C(O)C1N1C(=O)CCC1=O. The van der Waals surface area contributed by atoms with Crippen LogP contribution in [0, 0.1) is 0 Å². The number of primary amides is 1. The molecule has 0 aromatic heterocycles. The summed E-state index contributed by atoms with van der Waals surface area (Å²) in [6.07, 6.45) is -5.90. The van der Waals surface area contributed by atoms with Crippen molar-refractivity contribution in [2.45, 2.75) is 43.5 Å². The molecule has 0 spiro atoms. The molecular formula is C11H16N2O7. The first-order valence-electron chi connectivity index (χ1n) is 6.07. The summed E-state index contributed by atoms with van der Waals surface area (Å²) in [5, 5.41) is 19.9. The smallest absolute Gasteiger partial charge is 0.249 e. The topological polar surface area (TPSA) is 139 Å². The van der Waals surface area contributed by atoms with Crippen molar-refractivity contribution >= 4 is 17.7 Å². The van der Waals surface area contributed by atoms with Crippen LogP contribution < -0.4 is 5.73 Å². The van der Waals surface area contributed by atoms with Gasteiger partial charge in [-0.25, -0.2) is 0 Å². The second kappa shape index (κ2) is 5.44. The van der Waals surface area contributed by atoms with E-state index in [9.17, 15) is 24.6 Å². The molecule has 0 aromatic carbocycles. The van der Waals surface area contributed by atoms with Crippen molar-refractivity contribution in [3.8, 4) is 0 Å². The molecular weight excluding hydrogens is 272 g/mol. The van der Waals surface area contributed by atoms with Crippen LogP contribution in [-0.4, -0.2) is 70.6 Å². The van der Waals surface area contributed by atoms with Crippen LogP contribution in [0.2, 0.25) is 0 Å². The van der Waals surface area contributed by atoms with E-state index >= 15 is 0 Å². The van der Waals surface area contributed by atoms with E-state index in [1.807, 2.05) is 0 Å². The van der Waals surface area contributed by atoms with E-state index in [1.54, 1.807) is 0 Å². The lowest BCUT2D eigenvalue weighted by Crippen LogP contribution is -2.66. The molecule has 5 atom stereocenters. The van der Waals surface area contributed by atoms with Gasteiger partial charge in [0.1, 0.15) is 18.2 Å². The molecule has 0 radical (unpaired) electrons. The maximum Gasteiger partial charge on any atom is 0.249 e. The van der Waals surface area contributed by atoms with Gasteiger partial charge in [-0.15, -0.1) is 0 Å². The van der Waals surface area contributed by atoms with Crippen LogP contribution in [0.4, 0.5) is 0 Å². The average Bonchev–Trinajstić information content (AvgIpc) is 2.72. The van der Waals surface area contributed by atoms with Crippen molar-refractivity contribution in [2.75, 3.05) is 7.11 Å². The molecule has 0 aliphatic carbocycles. The molecule has 3 amide bonds. The molecule has 9 heteroatoms. The number of aliphatic hydroxyl groups excluding tert-OH is 2. The summed E-state index contributed by atoms with van der Waals surface area (Å²) in [6.45, 7) is 0. The molecule has 2 fully saturated rings. The maximum absolute atomic E-state index is 11.7. The highest BCUT2D eigenvalue weighted by atomic mass is 16.7. The van der Waals surface area contributed by atoms with Gasteiger partial charge < -0.3 is 25.4 Å². The molecule has 112 valence electrons. The third-order valence-corrected chi connectivity index (χ3v) is 3.47. The second-order valence-electron chi connectivity index (χ2n) is 4.69. The van der Waals surface area contributed by atoms with Crippen LogP contribution >= 0.6 is 0 Å². The fourth-order valence-electron chi connectivity index (χ4n) is 2.48. The monoisotopic (exact) mass is 288 g/mol. The van der Waals surface area contributed by atoms with E-state index < -0.39 is 48.4 Å². The van der Waals surface area contributed by atoms with E-state index in [-0.39, 0.29) is 12.8 Å². The minimum absolute atomic E-state index is 0.0217. The Balaban J connectivity index is 2.30. The lowest BCUT2D eigenvalue weighted by atomic mass is 9.95. The number of methoxy groups -OCH3 is 1. The number of carbonyl (C=O) groups is 3. The lowest BCUT2D eigenvalue weighted by Gasteiger charge is -2.43. The van der Waals surface area contributed by atoms with Gasteiger partial charge in [0.2, 0.25) is 17.7 Å². The normalized spacial score (nSPS) is 38.4. The number of hydrogen-bond acceptors (Lipinski definition) is 7. The Morgan fingerprint density at radius 1 is 1.30 bits per heavy atom. The molecule has 2 aliphatic rings. The number of amides is 3. The van der Waals surface area contributed by atoms with E-state index in [4.69, 9.17) is 15.2 Å². The number of likely N-dealkylation sites (tertiary alicyclic amines) is 1. The zero-order chi connectivity index (χ0) is 15.0. The Kier molecular flexibility index (Phi) is 4.04. The third kappa shape index (κ3) is 2.29. The number of imide groups is 1. The number of aliphatic hydroxyl groups is 2. The number of carbonyl (C=O) groups excluding carboxylic acids is 3. The number of nitrogens with zero attached hydrogens (tertiary/aromatic N) is 1. The van der Waals surface area contributed by atoms with Crippen LogP contribution in [0.15, 0.2) is 0 Å². The Hall–Kier alpha value is -1.55. The summed E-state index contributed by atoms with van der Waals surface area (Å²) in [7, 11) is 1.23. The standard InChI is InChI=1S/C11H16N2O7/c1-19-11-6(13-4(14)2-3-5(13)15)7(16)8(17)9(20-11)10(12)18/h6-9,11,16-17H,2-3H2,1H3,(H2,12,18). The molecule has 5 unspecified atom stereocenters. The van der Waals surface area contributed by atoms with Gasteiger partial charge in [-0.2, -0.15) is 0 Å². The quantitative estimate of drug-likeness (QED) is 0.473. The van der Waals surface area contributed by atoms with Gasteiger partial charge in [0, 0.05) is 20.0 Å². The van der Waals surface area contributed by atoms with Crippen LogP contribution in [0.1, 0.15) is 12.8 Å². The van der Waals surface area contributed by atoms with Crippen molar-refractivity contribution in [1.82, 2.24) is 4.90 Å². The first-order valence-corrected chi connectivity index (χ1v) is 6.07. The predicted octanol–water partition coefficient (Wildman–Crippen LogP) is -2.92. The van der Waals surface area contributed by atoms with Crippen molar-refractivity contribution in [1.29, 1.82) is 0 Å². The highest BCUT2D eigenvalue weighted by molar-refractivity contribution is 6.02. The van der Waals surface area contributed by atoms with E-state index in [0.717, 1.165) is 4.90 Å². The molecule has 2 heterocycles. The first kappa shape index (κ1) is 14.9. The van der Waals surface area contributed by atoms with Gasteiger partial charge in [-0.05, 0) is 0 Å². The minimum atomic E-state index is -1.65. The number of rotatable bonds is 3. The fourth-order valence-corrected chi connectivity index (χ4v) is 2.48. The molecule has 4 N–H and O–H groups in total. The first-order chi connectivity index (χ1) is 9.38. The van der Waals surface area contributed by atoms with E-state index in [1.165, 1.54) is 7.11 Å². The van der Waals surface area contributed by atoms with E-state index in [0.29, 0.717) is 0 Å². The van der Waals surface area contributed by atoms with Crippen LogP contribution in [0.5, 0.6) is 0 Å². The zero-order valence-electron chi connectivity index (χ0n) is 10.8. The summed E-state index contributed by atoms with van der Waals surface area (Å²) in [6, 6.07) is -1.21. The minimum Gasteiger partial charge on any atom is -0.388 e. The number of nitrogens with two attached hydrogens (primary N) is 1. The van der Waals surface area contributed by atoms with Gasteiger partial charge >= 0.3 is 0 Å². The Morgan fingerprint density at radius 3 is 2.30 bits per heavy atom. The largest absolute Gasteiger partial charge is 0.388 e. The highest BCUT2D eigenvalue weighted by Crippen LogP contribution is 2.29. The van der Waals surface area contributed by atoms with Crippen molar-refractivity contribution in [3.63, 3.8) is 0 Å². The van der Waals surface area contributed by atoms with Crippen molar-refractivity contribution < 1.29 is 34.1 Å². The summed E-state index contributed by atoms with van der Waals surface area (Å²) in [5.41, 5.74) is 5.05. The number of ether oxygens (including phenoxy) is 2. The molecule has 20 heavy (non-hydrogen) atoms. The summed E-state index contributed by atoms with van der Waals surface area (Å²) < 4.78 is 10.1. The lowest BCUT2D eigenvalue weighted by molar-refractivity contribution is -0.264.